The molecule has 5 heteroatoms. The summed E-state index contributed by atoms with van der Waals surface area (Å²) < 4.78 is 0. The SMILES string of the molecule is CC(N)C(C)N1CCC(O)(C(N)=O)C1. The third kappa shape index (κ3) is 2.05. The van der Waals surface area contributed by atoms with Crippen molar-refractivity contribution in [1.82, 2.24) is 4.90 Å². The van der Waals surface area contributed by atoms with Crippen LogP contribution in [0.5, 0.6) is 0 Å². The molecule has 1 aliphatic heterocycles. The van der Waals surface area contributed by atoms with Gasteiger partial charge in [-0.05, 0) is 20.3 Å². The normalized spacial score (nSPS) is 32.9. The summed E-state index contributed by atoms with van der Waals surface area (Å²) in [4.78, 5) is 13.0. The summed E-state index contributed by atoms with van der Waals surface area (Å²) in [5.41, 5.74) is 9.51. The predicted octanol–water partition coefficient (Wildman–Crippen LogP) is -1.36. The van der Waals surface area contributed by atoms with Crippen LogP contribution < -0.4 is 11.5 Å². The molecule has 0 radical (unpaired) electrons. The summed E-state index contributed by atoms with van der Waals surface area (Å²) in [6, 6.07) is 0.175. The molecule has 5 N–H and O–H groups in total. The molecule has 0 aromatic carbocycles. The van der Waals surface area contributed by atoms with Crippen molar-refractivity contribution >= 4 is 5.91 Å². The zero-order chi connectivity index (χ0) is 10.9. The van der Waals surface area contributed by atoms with Crippen molar-refractivity contribution in [2.75, 3.05) is 13.1 Å². The van der Waals surface area contributed by atoms with Gasteiger partial charge in [-0.25, -0.2) is 0 Å². The minimum Gasteiger partial charge on any atom is -0.379 e. The van der Waals surface area contributed by atoms with E-state index in [4.69, 9.17) is 11.5 Å². The van der Waals surface area contributed by atoms with Gasteiger partial charge in [0.05, 0.1) is 0 Å². The third-order valence-electron chi connectivity index (χ3n) is 3.07. The van der Waals surface area contributed by atoms with Crippen molar-refractivity contribution in [3.05, 3.63) is 0 Å². The Kier molecular flexibility index (Phi) is 3.14. The summed E-state index contributed by atoms with van der Waals surface area (Å²) in [5.74, 6) is -0.642. The molecule has 14 heavy (non-hydrogen) atoms. The Balaban J connectivity index is 2.61. The molecule has 0 aromatic heterocycles. The smallest absolute Gasteiger partial charge is 0.250 e. The largest absolute Gasteiger partial charge is 0.379 e. The number of aliphatic hydroxyl groups is 1. The van der Waals surface area contributed by atoms with Crippen LogP contribution in [-0.2, 0) is 4.79 Å². The van der Waals surface area contributed by atoms with E-state index in [-0.39, 0.29) is 12.1 Å². The minimum atomic E-state index is -1.36. The van der Waals surface area contributed by atoms with E-state index >= 15 is 0 Å². The number of nitrogens with two attached hydrogens (primary N) is 2. The molecule has 0 saturated carbocycles. The van der Waals surface area contributed by atoms with Gasteiger partial charge in [-0.15, -0.1) is 0 Å². The Labute approximate surface area is 84.0 Å². The number of nitrogens with zero attached hydrogens (tertiary/aromatic N) is 1. The Morgan fingerprint density at radius 1 is 1.57 bits per heavy atom. The van der Waals surface area contributed by atoms with Crippen molar-refractivity contribution in [1.29, 1.82) is 0 Å². The van der Waals surface area contributed by atoms with Crippen molar-refractivity contribution in [2.24, 2.45) is 11.5 Å². The highest BCUT2D eigenvalue weighted by Crippen LogP contribution is 2.23. The van der Waals surface area contributed by atoms with Crippen LogP contribution in [0.4, 0.5) is 0 Å². The van der Waals surface area contributed by atoms with Gasteiger partial charge in [0.15, 0.2) is 5.60 Å². The van der Waals surface area contributed by atoms with E-state index in [1.807, 2.05) is 18.7 Å². The number of hydrogen-bond donors (Lipinski definition) is 3. The Morgan fingerprint density at radius 2 is 2.14 bits per heavy atom. The van der Waals surface area contributed by atoms with E-state index in [2.05, 4.69) is 0 Å². The lowest BCUT2D eigenvalue weighted by Crippen LogP contribution is -2.49. The maximum absolute atomic E-state index is 11.0. The molecule has 0 aromatic rings. The quantitative estimate of drug-likeness (QED) is 0.526. The summed E-state index contributed by atoms with van der Waals surface area (Å²) in [6.45, 7) is 4.86. The lowest BCUT2D eigenvalue weighted by atomic mass is 10.0. The van der Waals surface area contributed by atoms with Gasteiger partial charge in [0.2, 0.25) is 0 Å². The van der Waals surface area contributed by atoms with Crippen LogP contribution in [0.1, 0.15) is 20.3 Å². The summed E-state index contributed by atoms with van der Waals surface area (Å²) in [6.07, 6.45) is 0.402. The van der Waals surface area contributed by atoms with Crippen LogP contribution in [0.25, 0.3) is 0 Å². The van der Waals surface area contributed by atoms with Gasteiger partial charge in [-0.3, -0.25) is 9.69 Å². The first-order valence-electron chi connectivity index (χ1n) is 4.89. The van der Waals surface area contributed by atoms with Gasteiger partial charge in [0.1, 0.15) is 0 Å². The van der Waals surface area contributed by atoms with E-state index in [0.29, 0.717) is 19.5 Å². The highest BCUT2D eigenvalue weighted by molar-refractivity contribution is 5.83. The van der Waals surface area contributed by atoms with E-state index in [9.17, 15) is 9.90 Å². The zero-order valence-electron chi connectivity index (χ0n) is 8.73. The van der Waals surface area contributed by atoms with E-state index in [1.165, 1.54) is 0 Å². The lowest BCUT2D eigenvalue weighted by Gasteiger charge is -2.28. The second kappa shape index (κ2) is 3.84. The molecule has 0 aliphatic carbocycles. The number of primary amides is 1. The van der Waals surface area contributed by atoms with Gasteiger partial charge in [0.25, 0.3) is 5.91 Å². The van der Waals surface area contributed by atoms with Gasteiger partial charge >= 0.3 is 0 Å². The number of β-amino-alcohol motifs (C(OH)–C–C–N with tert-alkyl or cyclic N) is 1. The van der Waals surface area contributed by atoms with E-state index < -0.39 is 11.5 Å². The topological polar surface area (TPSA) is 92.6 Å². The first-order chi connectivity index (χ1) is 6.37. The average molecular weight is 201 g/mol. The predicted molar refractivity (Wildman–Crippen MR) is 53.4 cm³/mol. The molecule has 1 aliphatic rings. The molecular weight excluding hydrogens is 182 g/mol. The number of hydrogen-bond acceptors (Lipinski definition) is 4. The summed E-state index contributed by atoms with van der Waals surface area (Å²) in [7, 11) is 0. The van der Waals surface area contributed by atoms with Crippen LogP contribution >= 0.6 is 0 Å². The molecule has 3 atom stereocenters. The number of likely N-dealkylation sites (tertiary alicyclic amines) is 1. The van der Waals surface area contributed by atoms with Crippen molar-refractivity contribution < 1.29 is 9.90 Å². The molecule has 0 spiro atoms. The molecule has 0 bridgehead atoms. The Hall–Kier alpha value is -0.650. The lowest BCUT2D eigenvalue weighted by molar-refractivity contribution is -0.135. The fraction of sp³-hybridized carbons (Fsp3) is 0.889. The number of amides is 1. The first-order valence-corrected chi connectivity index (χ1v) is 4.89. The Bertz CT molecular complexity index is 232. The summed E-state index contributed by atoms with van der Waals surface area (Å²) in [5, 5.41) is 9.81. The fourth-order valence-electron chi connectivity index (χ4n) is 1.70. The number of carbonyl (C=O) groups excluding carboxylic acids is 1. The first kappa shape index (κ1) is 11.4. The molecule has 1 amide bonds. The van der Waals surface area contributed by atoms with Crippen LogP contribution in [0.3, 0.4) is 0 Å². The van der Waals surface area contributed by atoms with Gasteiger partial charge in [0, 0.05) is 25.2 Å². The molecule has 1 fully saturated rings. The number of carbonyl (C=O) groups is 1. The van der Waals surface area contributed by atoms with Crippen LogP contribution in [-0.4, -0.2) is 46.7 Å². The maximum Gasteiger partial charge on any atom is 0.250 e. The van der Waals surface area contributed by atoms with Gasteiger partial charge in [-0.1, -0.05) is 0 Å². The monoisotopic (exact) mass is 201 g/mol. The van der Waals surface area contributed by atoms with E-state index in [0.717, 1.165) is 0 Å². The molecule has 1 heterocycles. The minimum absolute atomic E-state index is 0.0187. The maximum atomic E-state index is 11.0. The Morgan fingerprint density at radius 3 is 2.50 bits per heavy atom. The molecule has 1 saturated heterocycles. The standard InChI is InChI=1S/C9H19N3O2/c1-6(10)7(2)12-4-3-9(14,5-12)8(11)13/h6-7,14H,3-5,10H2,1-2H3,(H2,11,13). The summed E-state index contributed by atoms with van der Waals surface area (Å²) >= 11 is 0. The zero-order valence-corrected chi connectivity index (χ0v) is 8.73. The highest BCUT2D eigenvalue weighted by atomic mass is 16.3. The van der Waals surface area contributed by atoms with Crippen LogP contribution in [0.15, 0.2) is 0 Å². The average Bonchev–Trinajstić information content (AvgIpc) is 2.48. The third-order valence-corrected chi connectivity index (χ3v) is 3.07. The fourth-order valence-corrected chi connectivity index (χ4v) is 1.70. The second-order valence-electron chi connectivity index (χ2n) is 4.22. The van der Waals surface area contributed by atoms with E-state index in [1.54, 1.807) is 0 Å². The number of rotatable bonds is 3. The van der Waals surface area contributed by atoms with Crippen LogP contribution in [0, 0.1) is 0 Å². The molecule has 5 nitrogen and oxygen atoms in total. The molecule has 1 rings (SSSR count). The van der Waals surface area contributed by atoms with Crippen molar-refractivity contribution in [3.63, 3.8) is 0 Å². The second-order valence-corrected chi connectivity index (χ2v) is 4.22. The molecule has 3 unspecified atom stereocenters. The van der Waals surface area contributed by atoms with Gasteiger partial charge < -0.3 is 16.6 Å². The van der Waals surface area contributed by atoms with Gasteiger partial charge in [-0.2, -0.15) is 0 Å². The van der Waals surface area contributed by atoms with Crippen LogP contribution in [0.2, 0.25) is 0 Å². The van der Waals surface area contributed by atoms with Crippen molar-refractivity contribution in [3.8, 4) is 0 Å². The molecular formula is C9H19N3O2. The van der Waals surface area contributed by atoms with Crippen molar-refractivity contribution in [2.45, 2.75) is 38.0 Å². The highest BCUT2D eigenvalue weighted by Gasteiger charge is 2.42. The molecule has 82 valence electrons.